The number of carboxylic acid groups (broad SMARTS) is 2. The van der Waals surface area contributed by atoms with Crippen LogP contribution in [0.5, 0.6) is 0 Å². The summed E-state index contributed by atoms with van der Waals surface area (Å²) in [5.74, 6) is -3.11. The second-order valence-corrected chi connectivity index (χ2v) is 8.03. The lowest BCUT2D eigenvalue weighted by molar-refractivity contribution is -0.165. The second kappa shape index (κ2) is 12.3. The molecule has 33 heavy (non-hydrogen) atoms. The standard InChI is InChI=1S/C17H23F3N2O.C4H6O6/c18-17(19,20)16-4-2-1-3-14(16)11-22(15-5-7-21-9-15)10-13-6-8-23-12-13;5-1(3(7)8)2(6)4(9)10/h1-4,13,15,21H,5-12H2;1-2,5-6H,(H,7,8)(H,9,10)/t13?,15-;1-,2-/m01/s1. The molecule has 0 saturated carbocycles. The van der Waals surface area contributed by atoms with E-state index in [-0.39, 0.29) is 0 Å². The fourth-order valence-corrected chi connectivity index (χ4v) is 3.78. The van der Waals surface area contributed by atoms with Gasteiger partial charge in [-0.2, -0.15) is 13.2 Å². The van der Waals surface area contributed by atoms with Gasteiger partial charge in [0.1, 0.15) is 0 Å². The maximum absolute atomic E-state index is 13.2. The molecule has 5 N–H and O–H groups in total. The molecular formula is C21H29F3N2O7. The number of carboxylic acids is 2. The molecule has 3 rings (SSSR count). The number of rotatable bonds is 8. The van der Waals surface area contributed by atoms with Crippen LogP contribution in [0.25, 0.3) is 0 Å². The Labute approximate surface area is 188 Å². The zero-order valence-corrected chi connectivity index (χ0v) is 17.9. The SMILES string of the molecule is FC(F)(F)c1ccccc1CN(CC1CCOC1)[C@H]1CCNC1.O=C(O)[C@H](O)[C@@H](O)C(=O)O. The highest BCUT2D eigenvalue weighted by molar-refractivity contribution is 5.83. The van der Waals surface area contributed by atoms with E-state index in [4.69, 9.17) is 25.2 Å². The van der Waals surface area contributed by atoms with Gasteiger partial charge in [-0.3, -0.25) is 4.90 Å². The van der Waals surface area contributed by atoms with Gasteiger partial charge in [-0.1, -0.05) is 18.2 Å². The predicted octanol–water partition coefficient (Wildman–Crippen LogP) is 0.783. The maximum atomic E-state index is 13.2. The molecule has 1 aromatic carbocycles. The highest BCUT2D eigenvalue weighted by Gasteiger charge is 2.34. The molecule has 12 heteroatoms. The fraction of sp³-hybridized carbons (Fsp3) is 0.619. The Hall–Kier alpha value is -2.25. The lowest BCUT2D eigenvalue weighted by Gasteiger charge is -2.31. The average molecular weight is 478 g/mol. The lowest BCUT2D eigenvalue weighted by atomic mass is 10.0. The summed E-state index contributed by atoms with van der Waals surface area (Å²) in [5, 5.41) is 35.8. The molecular weight excluding hydrogens is 449 g/mol. The molecule has 2 saturated heterocycles. The van der Waals surface area contributed by atoms with Gasteiger partial charge in [0.25, 0.3) is 0 Å². The quantitative estimate of drug-likeness (QED) is 0.367. The van der Waals surface area contributed by atoms with Crippen molar-refractivity contribution in [2.24, 2.45) is 5.92 Å². The van der Waals surface area contributed by atoms with Gasteiger partial charge in [-0.25, -0.2) is 9.59 Å². The number of nitrogens with zero attached hydrogens (tertiary/aromatic N) is 1. The van der Waals surface area contributed by atoms with Crippen LogP contribution in [0.15, 0.2) is 24.3 Å². The number of alkyl halides is 3. The van der Waals surface area contributed by atoms with E-state index >= 15 is 0 Å². The molecule has 2 heterocycles. The fourth-order valence-electron chi connectivity index (χ4n) is 3.78. The first-order valence-electron chi connectivity index (χ1n) is 10.5. The van der Waals surface area contributed by atoms with Gasteiger partial charge in [0.15, 0.2) is 12.2 Å². The van der Waals surface area contributed by atoms with Gasteiger partial charge in [0.05, 0.1) is 12.2 Å². The van der Waals surface area contributed by atoms with Crippen molar-refractivity contribution in [2.75, 3.05) is 32.8 Å². The van der Waals surface area contributed by atoms with Crippen molar-refractivity contribution in [1.82, 2.24) is 10.2 Å². The number of carbonyl (C=O) groups is 2. The van der Waals surface area contributed by atoms with Gasteiger partial charge in [-0.15, -0.1) is 0 Å². The summed E-state index contributed by atoms with van der Waals surface area (Å²) in [6.07, 6.45) is -6.85. The number of nitrogens with one attached hydrogen (secondary N) is 1. The molecule has 0 spiro atoms. The number of benzene rings is 1. The Morgan fingerprint density at radius 3 is 2.24 bits per heavy atom. The number of ether oxygens (including phenoxy) is 1. The minimum atomic E-state index is -4.30. The highest BCUT2D eigenvalue weighted by Crippen LogP contribution is 2.33. The summed E-state index contributed by atoms with van der Waals surface area (Å²) >= 11 is 0. The summed E-state index contributed by atoms with van der Waals surface area (Å²) in [7, 11) is 0. The average Bonchev–Trinajstić information content (AvgIpc) is 3.46. The minimum absolute atomic E-state index is 0.303. The number of halogens is 3. The molecule has 9 nitrogen and oxygen atoms in total. The zero-order valence-electron chi connectivity index (χ0n) is 17.9. The van der Waals surface area contributed by atoms with Crippen molar-refractivity contribution in [2.45, 2.75) is 43.8 Å². The molecule has 2 fully saturated rings. The number of aliphatic hydroxyl groups excluding tert-OH is 2. The van der Waals surface area contributed by atoms with Crippen molar-refractivity contribution in [3.63, 3.8) is 0 Å². The predicted molar refractivity (Wildman–Crippen MR) is 109 cm³/mol. The third-order valence-corrected chi connectivity index (χ3v) is 5.57. The molecule has 2 aliphatic heterocycles. The van der Waals surface area contributed by atoms with Crippen molar-refractivity contribution >= 4 is 11.9 Å². The maximum Gasteiger partial charge on any atom is 0.416 e. The molecule has 1 unspecified atom stereocenters. The Bertz CT molecular complexity index is 763. The monoisotopic (exact) mass is 478 g/mol. The number of hydrogen-bond donors (Lipinski definition) is 5. The van der Waals surface area contributed by atoms with Crippen molar-refractivity contribution in [1.29, 1.82) is 0 Å². The van der Waals surface area contributed by atoms with Crippen LogP contribution in [0, 0.1) is 5.92 Å². The van der Waals surface area contributed by atoms with Gasteiger partial charge in [-0.05, 0) is 36.9 Å². The number of aliphatic carboxylic acids is 2. The van der Waals surface area contributed by atoms with Crippen LogP contribution in [0.3, 0.4) is 0 Å². The molecule has 0 bridgehead atoms. The first-order chi connectivity index (χ1) is 15.5. The van der Waals surface area contributed by atoms with Crippen molar-refractivity contribution in [3.8, 4) is 0 Å². The Balaban J connectivity index is 0.000000328. The zero-order chi connectivity index (χ0) is 24.6. The first kappa shape index (κ1) is 27.0. The first-order valence-corrected chi connectivity index (χ1v) is 10.5. The third-order valence-electron chi connectivity index (χ3n) is 5.57. The van der Waals surface area contributed by atoms with Gasteiger partial charge in [0.2, 0.25) is 0 Å². The Morgan fingerprint density at radius 1 is 1.12 bits per heavy atom. The Morgan fingerprint density at radius 2 is 1.76 bits per heavy atom. The van der Waals surface area contributed by atoms with Crippen LogP contribution >= 0.6 is 0 Å². The van der Waals surface area contributed by atoms with E-state index in [1.807, 2.05) is 0 Å². The van der Waals surface area contributed by atoms with Crippen LogP contribution < -0.4 is 5.32 Å². The lowest BCUT2D eigenvalue weighted by Crippen LogP contribution is -2.40. The molecule has 0 amide bonds. The molecule has 0 aliphatic carbocycles. The van der Waals surface area contributed by atoms with Gasteiger partial charge >= 0.3 is 18.1 Å². The normalized spacial score (nSPS) is 22.5. The largest absolute Gasteiger partial charge is 0.479 e. The van der Waals surface area contributed by atoms with E-state index in [1.54, 1.807) is 12.1 Å². The minimum Gasteiger partial charge on any atom is -0.479 e. The molecule has 4 atom stereocenters. The van der Waals surface area contributed by atoms with E-state index in [0.717, 1.165) is 45.7 Å². The number of aliphatic hydroxyl groups is 2. The molecule has 0 radical (unpaired) electrons. The van der Waals surface area contributed by atoms with Crippen LogP contribution in [-0.4, -0.2) is 88.4 Å². The van der Waals surface area contributed by atoms with Gasteiger partial charge in [0, 0.05) is 32.3 Å². The third kappa shape index (κ3) is 8.23. The second-order valence-electron chi connectivity index (χ2n) is 8.03. The molecule has 1 aromatic rings. The summed E-state index contributed by atoms with van der Waals surface area (Å²) in [4.78, 5) is 21.8. The van der Waals surface area contributed by atoms with E-state index in [2.05, 4.69) is 10.2 Å². The van der Waals surface area contributed by atoms with Crippen LogP contribution in [0.4, 0.5) is 13.2 Å². The summed E-state index contributed by atoms with van der Waals surface area (Å²) in [6.45, 7) is 4.42. The van der Waals surface area contributed by atoms with Gasteiger partial charge < -0.3 is 30.5 Å². The van der Waals surface area contributed by atoms with Crippen LogP contribution in [0.1, 0.15) is 24.0 Å². The Kier molecular flexibility index (Phi) is 10.0. The van der Waals surface area contributed by atoms with Crippen LogP contribution in [0.2, 0.25) is 0 Å². The highest BCUT2D eigenvalue weighted by atomic mass is 19.4. The summed E-state index contributed by atoms with van der Waals surface area (Å²) in [6, 6.07) is 6.23. The van der Waals surface area contributed by atoms with Crippen LogP contribution in [-0.2, 0) is 27.0 Å². The van der Waals surface area contributed by atoms with E-state index in [1.165, 1.54) is 12.1 Å². The van der Waals surface area contributed by atoms with E-state index in [9.17, 15) is 22.8 Å². The summed E-state index contributed by atoms with van der Waals surface area (Å²) in [5.41, 5.74) is -0.149. The topological polar surface area (TPSA) is 140 Å². The van der Waals surface area contributed by atoms with Crippen molar-refractivity contribution in [3.05, 3.63) is 35.4 Å². The summed E-state index contributed by atoms with van der Waals surface area (Å²) < 4.78 is 45.1. The number of hydrogen-bond acceptors (Lipinski definition) is 7. The molecule has 0 aromatic heterocycles. The van der Waals surface area contributed by atoms with E-state index < -0.39 is 35.9 Å². The van der Waals surface area contributed by atoms with E-state index in [0.29, 0.717) is 24.1 Å². The molecule has 2 aliphatic rings. The smallest absolute Gasteiger partial charge is 0.416 e. The molecule has 186 valence electrons. The van der Waals surface area contributed by atoms with Crippen molar-refractivity contribution < 1.29 is 47.9 Å².